The van der Waals surface area contributed by atoms with Crippen molar-refractivity contribution >= 4 is 40.4 Å². The number of aromatic nitrogens is 2. The van der Waals surface area contributed by atoms with Crippen molar-refractivity contribution < 1.29 is 19.1 Å². The molecule has 1 saturated heterocycles. The SMILES string of the molecule is CCOC(=O)c1cc2c(C#N)c(N3CCC[C@@H](NC(=O)OC(C)(C)C)C3)n(Cc3ccccc3Cl)c2c(=O)[nH]1. The smallest absolute Gasteiger partial charge is 0.407 e. The van der Waals surface area contributed by atoms with E-state index in [4.69, 9.17) is 21.1 Å². The highest BCUT2D eigenvalue weighted by Gasteiger charge is 2.31. The highest BCUT2D eigenvalue weighted by molar-refractivity contribution is 6.31. The van der Waals surface area contributed by atoms with Gasteiger partial charge < -0.3 is 29.2 Å². The molecule has 39 heavy (non-hydrogen) atoms. The molecule has 1 aliphatic heterocycles. The number of ether oxygens (including phenoxy) is 2. The molecule has 3 aromatic rings. The van der Waals surface area contributed by atoms with Crippen molar-refractivity contribution in [3.8, 4) is 6.07 Å². The molecular formula is C28H32ClN5O5. The Balaban J connectivity index is 1.83. The lowest BCUT2D eigenvalue weighted by molar-refractivity contribution is 0.0495. The Kier molecular flexibility index (Phi) is 8.21. The van der Waals surface area contributed by atoms with Crippen molar-refractivity contribution in [2.75, 3.05) is 24.6 Å². The van der Waals surface area contributed by atoms with Gasteiger partial charge in [-0.3, -0.25) is 4.79 Å². The number of alkyl carbamates (subject to hydrolysis) is 1. The van der Waals surface area contributed by atoms with Crippen molar-refractivity contribution in [1.82, 2.24) is 14.9 Å². The maximum atomic E-state index is 13.4. The van der Waals surface area contributed by atoms with Gasteiger partial charge in [0.05, 0.1) is 13.2 Å². The van der Waals surface area contributed by atoms with E-state index in [2.05, 4.69) is 16.4 Å². The van der Waals surface area contributed by atoms with Gasteiger partial charge in [-0.05, 0) is 58.2 Å². The zero-order chi connectivity index (χ0) is 28.3. The van der Waals surface area contributed by atoms with Crippen LogP contribution in [0.1, 0.15) is 62.2 Å². The number of halogens is 1. The van der Waals surface area contributed by atoms with Gasteiger partial charge in [0.25, 0.3) is 5.56 Å². The summed E-state index contributed by atoms with van der Waals surface area (Å²) in [6, 6.07) is 10.8. The fraction of sp³-hybridized carbons (Fsp3) is 0.429. The minimum atomic E-state index is -0.680. The summed E-state index contributed by atoms with van der Waals surface area (Å²) >= 11 is 6.48. The number of hydrogen-bond acceptors (Lipinski definition) is 7. The van der Waals surface area contributed by atoms with E-state index in [-0.39, 0.29) is 36.0 Å². The molecule has 0 radical (unpaired) electrons. The van der Waals surface area contributed by atoms with Gasteiger partial charge in [-0.1, -0.05) is 29.8 Å². The summed E-state index contributed by atoms with van der Waals surface area (Å²) in [7, 11) is 0. The molecule has 10 nitrogen and oxygen atoms in total. The molecule has 11 heteroatoms. The van der Waals surface area contributed by atoms with E-state index >= 15 is 0 Å². The van der Waals surface area contributed by atoms with E-state index in [1.807, 2.05) is 23.1 Å². The molecule has 3 heterocycles. The lowest BCUT2D eigenvalue weighted by atomic mass is 10.1. The van der Waals surface area contributed by atoms with Gasteiger partial charge in [0.2, 0.25) is 0 Å². The van der Waals surface area contributed by atoms with Gasteiger partial charge in [0.15, 0.2) is 0 Å². The summed E-state index contributed by atoms with van der Waals surface area (Å²) in [4.78, 5) is 42.9. The minimum Gasteiger partial charge on any atom is -0.461 e. The van der Waals surface area contributed by atoms with E-state index in [1.54, 1.807) is 38.3 Å². The van der Waals surface area contributed by atoms with Gasteiger partial charge in [0.1, 0.15) is 34.3 Å². The number of hydrogen-bond donors (Lipinski definition) is 2. The first kappa shape index (κ1) is 28.0. The summed E-state index contributed by atoms with van der Waals surface area (Å²) in [5.41, 5.74) is 0.0755. The Labute approximate surface area is 231 Å². The number of nitriles is 1. The number of pyridine rings is 1. The van der Waals surface area contributed by atoms with E-state index < -0.39 is 23.2 Å². The predicted molar refractivity (Wildman–Crippen MR) is 148 cm³/mol. The number of carbonyl (C=O) groups excluding carboxylic acids is 2. The van der Waals surface area contributed by atoms with Crippen LogP contribution in [0, 0.1) is 11.3 Å². The third-order valence-corrected chi connectivity index (χ3v) is 6.73. The van der Waals surface area contributed by atoms with Gasteiger partial charge in [-0.2, -0.15) is 5.26 Å². The first-order valence-electron chi connectivity index (χ1n) is 12.9. The Bertz CT molecular complexity index is 1500. The average Bonchev–Trinajstić information content (AvgIpc) is 3.18. The number of rotatable bonds is 6. The zero-order valence-electron chi connectivity index (χ0n) is 22.5. The second kappa shape index (κ2) is 11.4. The number of benzene rings is 1. The Morgan fingerprint density at radius 2 is 2.03 bits per heavy atom. The molecule has 1 aromatic carbocycles. The third kappa shape index (κ3) is 6.20. The second-order valence-electron chi connectivity index (χ2n) is 10.4. The van der Waals surface area contributed by atoms with Crippen LogP contribution >= 0.6 is 11.6 Å². The molecule has 0 spiro atoms. The number of amides is 1. The number of nitrogens with zero attached hydrogens (tertiary/aromatic N) is 3. The van der Waals surface area contributed by atoms with Crippen LogP contribution in [0.2, 0.25) is 5.02 Å². The normalized spacial score (nSPS) is 15.6. The molecule has 2 aromatic heterocycles. The van der Waals surface area contributed by atoms with E-state index in [0.29, 0.717) is 29.3 Å². The highest BCUT2D eigenvalue weighted by Crippen LogP contribution is 2.34. The van der Waals surface area contributed by atoms with Gasteiger partial charge in [0, 0.05) is 29.5 Å². The maximum absolute atomic E-state index is 13.4. The molecular weight excluding hydrogens is 522 g/mol. The fourth-order valence-electron chi connectivity index (χ4n) is 4.84. The number of esters is 1. The van der Waals surface area contributed by atoms with Gasteiger partial charge >= 0.3 is 12.1 Å². The van der Waals surface area contributed by atoms with Crippen LogP contribution in [-0.2, 0) is 16.0 Å². The summed E-state index contributed by atoms with van der Waals surface area (Å²) in [6.45, 7) is 8.43. The molecule has 1 fully saturated rings. The quantitative estimate of drug-likeness (QED) is 0.427. The summed E-state index contributed by atoms with van der Waals surface area (Å²) in [6.07, 6.45) is 0.960. The largest absolute Gasteiger partial charge is 0.461 e. The van der Waals surface area contributed by atoms with Crippen LogP contribution in [0.15, 0.2) is 35.1 Å². The molecule has 0 bridgehead atoms. The van der Waals surface area contributed by atoms with Crippen LogP contribution in [0.3, 0.4) is 0 Å². The Morgan fingerprint density at radius 3 is 2.69 bits per heavy atom. The number of piperidine rings is 1. The van der Waals surface area contributed by atoms with Crippen LogP contribution in [0.25, 0.3) is 10.9 Å². The molecule has 0 saturated carbocycles. The van der Waals surface area contributed by atoms with Crippen LogP contribution < -0.4 is 15.8 Å². The molecule has 0 unspecified atom stereocenters. The van der Waals surface area contributed by atoms with E-state index in [1.165, 1.54) is 6.07 Å². The molecule has 2 N–H and O–H groups in total. The molecule has 206 valence electrons. The number of fused-ring (bicyclic) bond motifs is 1. The van der Waals surface area contributed by atoms with Crippen molar-refractivity contribution in [2.24, 2.45) is 0 Å². The van der Waals surface area contributed by atoms with Crippen LogP contribution in [-0.4, -0.2) is 53.0 Å². The number of anilines is 1. The summed E-state index contributed by atoms with van der Waals surface area (Å²) < 4.78 is 12.3. The standard InChI is InChI=1S/C28H32ClN5O5/c1-5-38-26(36)22-13-19-20(14-30)25(33-12-8-10-18(16-33)31-27(37)39-28(2,3)4)34(23(19)24(35)32-22)15-17-9-6-7-11-21(17)29/h6-7,9,11,13,18H,5,8,10,12,15-16H2,1-4H3,(H,31,37)(H,32,35)/t18-/m1/s1. The van der Waals surface area contributed by atoms with E-state index in [0.717, 1.165) is 18.4 Å². The maximum Gasteiger partial charge on any atom is 0.407 e. The minimum absolute atomic E-state index is 0.0320. The average molecular weight is 554 g/mol. The van der Waals surface area contributed by atoms with Crippen molar-refractivity contribution in [2.45, 2.75) is 58.7 Å². The number of nitrogens with one attached hydrogen (secondary N) is 2. The topological polar surface area (TPSA) is 129 Å². The van der Waals surface area contributed by atoms with Crippen molar-refractivity contribution in [1.29, 1.82) is 5.26 Å². The second-order valence-corrected chi connectivity index (χ2v) is 10.8. The van der Waals surface area contributed by atoms with Gasteiger partial charge in [-0.25, -0.2) is 9.59 Å². The number of aromatic amines is 1. The van der Waals surface area contributed by atoms with Gasteiger partial charge in [-0.15, -0.1) is 0 Å². The molecule has 1 atom stereocenters. The molecule has 1 amide bonds. The van der Waals surface area contributed by atoms with Crippen molar-refractivity contribution in [3.05, 3.63) is 62.5 Å². The van der Waals surface area contributed by atoms with Crippen LogP contribution in [0.4, 0.5) is 10.6 Å². The fourth-order valence-corrected chi connectivity index (χ4v) is 5.04. The van der Waals surface area contributed by atoms with Crippen molar-refractivity contribution in [3.63, 3.8) is 0 Å². The Morgan fingerprint density at radius 1 is 1.28 bits per heavy atom. The Hall–Kier alpha value is -3.97. The van der Waals surface area contributed by atoms with Crippen LogP contribution in [0.5, 0.6) is 0 Å². The first-order chi connectivity index (χ1) is 18.5. The lowest BCUT2D eigenvalue weighted by Crippen LogP contribution is -2.49. The molecule has 4 rings (SSSR count). The molecule has 0 aliphatic carbocycles. The monoisotopic (exact) mass is 553 g/mol. The lowest BCUT2D eigenvalue weighted by Gasteiger charge is -2.35. The number of carbonyl (C=O) groups is 2. The number of H-pyrrole nitrogens is 1. The van der Waals surface area contributed by atoms with E-state index in [9.17, 15) is 19.6 Å². The third-order valence-electron chi connectivity index (χ3n) is 6.36. The zero-order valence-corrected chi connectivity index (χ0v) is 23.2. The first-order valence-corrected chi connectivity index (χ1v) is 13.2. The highest BCUT2D eigenvalue weighted by atomic mass is 35.5. The predicted octanol–water partition coefficient (Wildman–Crippen LogP) is 4.57. The molecule has 1 aliphatic rings. The summed E-state index contributed by atoms with van der Waals surface area (Å²) in [5.74, 6) is -0.157. The summed E-state index contributed by atoms with van der Waals surface area (Å²) in [5, 5.41) is 14.1.